The number of unbranched alkanes of at least 4 members (excludes halogenated alkanes) is 2. The third kappa shape index (κ3) is 6.14. The Balaban J connectivity index is 2.19. The van der Waals surface area contributed by atoms with Crippen LogP contribution in [0.15, 0.2) is 24.3 Å². The van der Waals surface area contributed by atoms with Crippen molar-refractivity contribution in [1.82, 2.24) is 5.32 Å². The zero-order chi connectivity index (χ0) is 13.9. The van der Waals surface area contributed by atoms with E-state index in [1.54, 1.807) is 24.3 Å². The number of benzene rings is 1. The number of terminal acetylenes is 1. The third-order valence-corrected chi connectivity index (χ3v) is 2.42. The van der Waals surface area contributed by atoms with E-state index in [2.05, 4.69) is 11.2 Å². The first kappa shape index (κ1) is 14.6. The molecule has 1 aromatic rings. The van der Waals surface area contributed by atoms with E-state index in [4.69, 9.17) is 16.4 Å². The van der Waals surface area contributed by atoms with Crippen LogP contribution in [0, 0.1) is 23.7 Å². The van der Waals surface area contributed by atoms with E-state index in [0.717, 1.165) is 19.3 Å². The molecule has 0 atom stereocenters. The number of carbonyl (C=O) groups excluding carboxylic acids is 1. The molecule has 0 saturated carbocycles. The molecule has 1 aromatic carbocycles. The first-order valence-electron chi connectivity index (χ1n) is 6.09. The number of rotatable bonds is 7. The van der Waals surface area contributed by atoms with Crippen LogP contribution in [0.4, 0.5) is 0 Å². The van der Waals surface area contributed by atoms with Crippen molar-refractivity contribution in [1.29, 1.82) is 5.26 Å². The van der Waals surface area contributed by atoms with Crippen LogP contribution in [0.3, 0.4) is 0 Å². The Kier molecular flexibility index (Phi) is 6.61. The summed E-state index contributed by atoms with van der Waals surface area (Å²) in [7, 11) is 0. The van der Waals surface area contributed by atoms with E-state index in [1.807, 2.05) is 6.07 Å². The molecule has 0 aliphatic heterocycles. The van der Waals surface area contributed by atoms with Crippen molar-refractivity contribution in [3.8, 4) is 24.2 Å². The molecule has 1 N–H and O–H groups in total. The van der Waals surface area contributed by atoms with E-state index >= 15 is 0 Å². The number of nitrogens with zero attached hydrogens (tertiary/aromatic N) is 1. The molecule has 0 saturated heterocycles. The van der Waals surface area contributed by atoms with Gasteiger partial charge in [-0.15, -0.1) is 12.3 Å². The molecule has 0 fully saturated rings. The van der Waals surface area contributed by atoms with Crippen molar-refractivity contribution in [2.45, 2.75) is 19.3 Å². The van der Waals surface area contributed by atoms with Gasteiger partial charge in [0, 0.05) is 13.0 Å². The predicted octanol–water partition coefficient (Wildman–Crippen LogP) is 1.86. The molecule has 98 valence electrons. The molecule has 4 heteroatoms. The quantitative estimate of drug-likeness (QED) is 0.598. The summed E-state index contributed by atoms with van der Waals surface area (Å²) < 4.78 is 5.29. The average molecular weight is 256 g/mol. The lowest BCUT2D eigenvalue weighted by Crippen LogP contribution is -2.29. The fourth-order valence-electron chi connectivity index (χ4n) is 1.41. The molecule has 0 spiro atoms. The van der Waals surface area contributed by atoms with Crippen molar-refractivity contribution in [2.24, 2.45) is 0 Å². The van der Waals surface area contributed by atoms with Crippen molar-refractivity contribution >= 4 is 5.91 Å². The number of hydrogen-bond acceptors (Lipinski definition) is 3. The van der Waals surface area contributed by atoms with E-state index in [-0.39, 0.29) is 12.5 Å². The number of ether oxygens (including phenoxy) is 1. The topological polar surface area (TPSA) is 62.1 Å². The molecule has 0 aromatic heterocycles. The Bertz CT molecular complexity index is 480. The maximum atomic E-state index is 11.4. The molecule has 0 bridgehead atoms. The van der Waals surface area contributed by atoms with Crippen molar-refractivity contribution in [2.75, 3.05) is 13.2 Å². The number of hydrogen-bond donors (Lipinski definition) is 1. The summed E-state index contributed by atoms with van der Waals surface area (Å²) in [6.45, 7) is 0.582. The summed E-state index contributed by atoms with van der Waals surface area (Å²) >= 11 is 0. The van der Waals surface area contributed by atoms with Crippen LogP contribution in [0.5, 0.6) is 5.75 Å². The molecule has 0 radical (unpaired) electrons. The Hall–Kier alpha value is -2.46. The monoisotopic (exact) mass is 256 g/mol. The maximum absolute atomic E-state index is 11.4. The van der Waals surface area contributed by atoms with Gasteiger partial charge >= 0.3 is 0 Å². The van der Waals surface area contributed by atoms with Gasteiger partial charge in [-0.1, -0.05) is 0 Å². The van der Waals surface area contributed by atoms with Gasteiger partial charge in [0.25, 0.3) is 5.91 Å². The van der Waals surface area contributed by atoms with Gasteiger partial charge in [0.2, 0.25) is 0 Å². The van der Waals surface area contributed by atoms with Gasteiger partial charge in [-0.25, -0.2) is 0 Å². The highest BCUT2D eigenvalue weighted by Gasteiger charge is 2.02. The second-order valence-electron chi connectivity index (χ2n) is 3.94. The lowest BCUT2D eigenvalue weighted by atomic mass is 10.2. The van der Waals surface area contributed by atoms with Gasteiger partial charge in [0.1, 0.15) is 5.75 Å². The summed E-state index contributed by atoms with van der Waals surface area (Å²) in [5.74, 6) is 2.96. The minimum atomic E-state index is -0.162. The highest BCUT2D eigenvalue weighted by molar-refractivity contribution is 5.77. The second kappa shape index (κ2) is 8.60. The highest BCUT2D eigenvalue weighted by Crippen LogP contribution is 2.11. The minimum Gasteiger partial charge on any atom is -0.484 e. The van der Waals surface area contributed by atoms with Crippen LogP contribution in [0.25, 0.3) is 0 Å². The molecule has 1 amide bonds. The van der Waals surface area contributed by atoms with Gasteiger partial charge in [0.05, 0.1) is 11.6 Å². The zero-order valence-electron chi connectivity index (χ0n) is 10.7. The van der Waals surface area contributed by atoms with E-state index in [1.165, 1.54) is 0 Å². The van der Waals surface area contributed by atoms with Gasteiger partial charge in [-0.2, -0.15) is 5.26 Å². The summed E-state index contributed by atoms with van der Waals surface area (Å²) in [6, 6.07) is 8.64. The summed E-state index contributed by atoms with van der Waals surface area (Å²) in [4.78, 5) is 11.4. The van der Waals surface area contributed by atoms with E-state index in [9.17, 15) is 4.79 Å². The van der Waals surface area contributed by atoms with Crippen molar-refractivity contribution in [3.05, 3.63) is 29.8 Å². The Morgan fingerprint density at radius 1 is 1.32 bits per heavy atom. The maximum Gasteiger partial charge on any atom is 0.257 e. The van der Waals surface area contributed by atoms with Crippen LogP contribution < -0.4 is 10.1 Å². The van der Waals surface area contributed by atoms with E-state index in [0.29, 0.717) is 17.9 Å². The first-order valence-corrected chi connectivity index (χ1v) is 6.09. The Morgan fingerprint density at radius 2 is 2.05 bits per heavy atom. The Morgan fingerprint density at radius 3 is 2.68 bits per heavy atom. The molecule has 0 aliphatic carbocycles. The first-order chi connectivity index (χ1) is 9.26. The average Bonchev–Trinajstić information content (AvgIpc) is 2.45. The summed E-state index contributed by atoms with van der Waals surface area (Å²) in [5, 5.41) is 11.4. The molecular formula is C15H16N2O2. The Labute approximate surface area is 113 Å². The molecule has 0 unspecified atom stereocenters. The molecule has 0 aliphatic rings. The number of amides is 1. The molecule has 4 nitrogen and oxygen atoms in total. The molecule has 19 heavy (non-hydrogen) atoms. The molecule has 1 rings (SSSR count). The minimum absolute atomic E-state index is 0.0267. The number of nitriles is 1. The van der Waals surface area contributed by atoms with Gasteiger partial charge in [-0.3, -0.25) is 4.79 Å². The third-order valence-electron chi connectivity index (χ3n) is 2.42. The van der Waals surface area contributed by atoms with Gasteiger partial charge in [-0.05, 0) is 37.1 Å². The lowest BCUT2D eigenvalue weighted by Gasteiger charge is -2.07. The largest absolute Gasteiger partial charge is 0.484 e. The SMILES string of the molecule is C#CCCCCNC(=O)COc1ccc(C#N)cc1. The van der Waals surface area contributed by atoms with Crippen molar-refractivity contribution in [3.63, 3.8) is 0 Å². The van der Waals surface area contributed by atoms with Crippen molar-refractivity contribution < 1.29 is 9.53 Å². The van der Waals surface area contributed by atoms with Crippen LogP contribution in [-0.4, -0.2) is 19.1 Å². The molecule has 0 heterocycles. The number of carbonyl (C=O) groups is 1. The zero-order valence-corrected chi connectivity index (χ0v) is 10.7. The lowest BCUT2D eigenvalue weighted by molar-refractivity contribution is -0.123. The standard InChI is InChI=1S/C15H16N2O2/c1-2-3-4-5-10-17-15(18)12-19-14-8-6-13(11-16)7-9-14/h1,6-9H,3-5,10,12H2,(H,17,18). The van der Waals surface area contributed by atoms with Crippen LogP contribution >= 0.6 is 0 Å². The van der Waals surface area contributed by atoms with Crippen LogP contribution in [0.1, 0.15) is 24.8 Å². The fourth-order valence-corrected chi connectivity index (χ4v) is 1.41. The summed E-state index contributed by atoms with van der Waals surface area (Å²) in [5.41, 5.74) is 0.560. The van der Waals surface area contributed by atoms with Gasteiger partial charge in [0.15, 0.2) is 6.61 Å². The normalized spacial score (nSPS) is 9.16. The highest BCUT2D eigenvalue weighted by atomic mass is 16.5. The molecular weight excluding hydrogens is 240 g/mol. The van der Waals surface area contributed by atoms with Crippen LogP contribution in [-0.2, 0) is 4.79 Å². The second-order valence-corrected chi connectivity index (χ2v) is 3.94. The van der Waals surface area contributed by atoms with Crippen LogP contribution in [0.2, 0.25) is 0 Å². The number of nitrogens with one attached hydrogen (secondary N) is 1. The van der Waals surface area contributed by atoms with Gasteiger partial charge < -0.3 is 10.1 Å². The predicted molar refractivity (Wildman–Crippen MR) is 72.3 cm³/mol. The summed E-state index contributed by atoms with van der Waals surface area (Å²) in [6.07, 6.45) is 7.64. The van der Waals surface area contributed by atoms with E-state index < -0.39 is 0 Å². The smallest absolute Gasteiger partial charge is 0.257 e. The fraction of sp³-hybridized carbons (Fsp3) is 0.333.